The van der Waals surface area contributed by atoms with Crippen LogP contribution in [0.2, 0.25) is 0 Å². The third kappa shape index (κ3) is 4.35. The molecule has 0 unspecified atom stereocenters. The molecule has 0 atom stereocenters. The van der Waals surface area contributed by atoms with Gasteiger partial charge in [0.15, 0.2) is 0 Å². The van der Waals surface area contributed by atoms with Gasteiger partial charge in [-0.15, -0.1) is 22.7 Å². The van der Waals surface area contributed by atoms with Gasteiger partial charge in [-0.3, -0.25) is 4.79 Å². The summed E-state index contributed by atoms with van der Waals surface area (Å²) in [6, 6.07) is 8.29. The molecule has 2 aromatic heterocycles. The molecule has 0 saturated carbocycles. The standard InChI is InChI=1S/C22H26N2O2S2/c1-26-12-6-2-3-7-15(25)13-19-21(16-10-11-23-14-20(16)27-19)22-24-17-8-4-5-9-18(17)28-22/h4-5,8-9,23H,2-3,6-7,10-14H2,1H3. The Labute approximate surface area is 174 Å². The summed E-state index contributed by atoms with van der Waals surface area (Å²) in [6.07, 6.45) is 5.24. The molecule has 0 bridgehead atoms. The van der Waals surface area contributed by atoms with Gasteiger partial charge in [0.2, 0.25) is 0 Å². The number of hydrogen-bond donors (Lipinski definition) is 1. The van der Waals surface area contributed by atoms with Crippen molar-refractivity contribution in [3.63, 3.8) is 0 Å². The Morgan fingerprint density at radius 1 is 1.21 bits per heavy atom. The van der Waals surface area contributed by atoms with Crippen LogP contribution >= 0.6 is 22.7 Å². The molecule has 0 aliphatic carbocycles. The number of fused-ring (bicyclic) bond motifs is 2. The van der Waals surface area contributed by atoms with Crippen LogP contribution in [0, 0.1) is 0 Å². The number of nitrogens with one attached hydrogen (secondary N) is 1. The molecule has 1 aliphatic rings. The second-order valence-electron chi connectivity index (χ2n) is 7.23. The lowest BCUT2D eigenvalue weighted by Gasteiger charge is -2.13. The molecule has 28 heavy (non-hydrogen) atoms. The summed E-state index contributed by atoms with van der Waals surface area (Å²) < 4.78 is 6.30. The Hall–Kier alpha value is -1.60. The van der Waals surface area contributed by atoms with Crippen LogP contribution in [0.5, 0.6) is 0 Å². The zero-order valence-electron chi connectivity index (χ0n) is 16.3. The number of methoxy groups -OCH3 is 1. The number of ketones is 1. The molecular formula is C22H26N2O2S2. The van der Waals surface area contributed by atoms with E-state index >= 15 is 0 Å². The molecule has 0 fully saturated rings. The van der Waals surface area contributed by atoms with E-state index in [1.165, 1.54) is 25.6 Å². The van der Waals surface area contributed by atoms with Crippen LogP contribution in [-0.4, -0.2) is 31.0 Å². The SMILES string of the molecule is COCCCCCC(=O)Cc1sc2c(c1-c1nc3ccccc3s1)CCNC2. The summed E-state index contributed by atoms with van der Waals surface area (Å²) in [4.78, 5) is 20.1. The Kier molecular flexibility index (Phi) is 6.52. The Bertz CT molecular complexity index is 928. The predicted octanol–water partition coefficient (Wildman–Crippen LogP) is 4.99. The van der Waals surface area contributed by atoms with Gasteiger partial charge in [0.05, 0.1) is 10.2 Å². The van der Waals surface area contributed by atoms with Gasteiger partial charge in [-0.1, -0.05) is 18.6 Å². The van der Waals surface area contributed by atoms with E-state index in [2.05, 4.69) is 23.5 Å². The molecule has 0 amide bonds. The fourth-order valence-corrected chi connectivity index (χ4v) is 6.24. The largest absolute Gasteiger partial charge is 0.385 e. The van der Waals surface area contributed by atoms with Crippen LogP contribution in [0.3, 0.4) is 0 Å². The average Bonchev–Trinajstić information content (AvgIpc) is 3.28. The Morgan fingerprint density at radius 2 is 2.11 bits per heavy atom. The zero-order valence-corrected chi connectivity index (χ0v) is 17.9. The number of nitrogens with zero attached hydrogens (tertiary/aromatic N) is 1. The third-order valence-electron chi connectivity index (χ3n) is 5.17. The maximum absolute atomic E-state index is 12.7. The molecule has 6 heteroatoms. The van der Waals surface area contributed by atoms with E-state index in [4.69, 9.17) is 9.72 Å². The molecule has 3 aromatic rings. The fourth-order valence-electron chi connectivity index (χ4n) is 3.76. The zero-order chi connectivity index (χ0) is 19.3. The normalized spacial score (nSPS) is 13.8. The number of unbranched alkanes of at least 4 members (excludes halogenated alkanes) is 2. The number of para-hydroxylation sites is 1. The van der Waals surface area contributed by atoms with Gasteiger partial charge in [0.1, 0.15) is 10.8 Å². The van der Waals surface area contributed by atoms with E-state index in [0.29, 0.717) is 18.6 Å². The Balaban J connectivity index is 1.57. The summed E-state index contributed by atoms with van der Waals surface area (Å²) in [5, 5.41) is 4.54. The highest BCUT2D eigenvalue weighted by atomic mass is 32.1. The lowest BCUT2D eigenvalue weighted by molar-refractivity contribution is -0.118. The van der Waals surface area contributed by atoms with E-state index in [9.17, 15) is 4.79 Å². The van der Waals surface area contributed by atoms with Crippen LogP contribution in [-0.2, 0) is 28.9 Å². The van der Waals surface area contributed by atoms with Crippen LogP contribution in [0.4, 0.5) is 0 Å². The van der Waals surface area contributed by atoms with E-state index in [0.717, 1.165) is 55.9 Å². The summed E-state index contributed by atoms with van der Waals surface area (Å²) >= 11 is 3.55. The quantitative estimate of drug-likeness (QED) is 0.501. The first-order chi connectivity index (χ1) is 13.8. The van der Waals surface area contributed by atoms with Crippen molar-refractivity contribution in [3.8, 4) is 10.6 Å². The number of thiophene rings is 1. The van der Waals surface area contributed by atoms with Crippen LogP contribution in [0.1, 0.15) is 41.0 Å². The monoisotopic (exact) mass is 414 g/mol. The summed E-state index contributed by atoms with van der Waals surface area (Å²) in [7, 11) is 1.72. The smallest absolute Gasteiger partial charge is 0.138 e. The van der Waals surface area contributed by atoms with Crippen molar-refractivity contribution in [1.82, 2.24) is 10.3 Å². The maximum atomic E-state index is 12.7. The van der Waals surface area contributed by atoms with Crippen molar-refractivity contribution in [2.75, 3.05) is 20.3 Å². The highest BCUT2D eigenvalue weighted by Crippen LogP contribution is 2.41. The summed E-state index contributed by atoms with van der Waals surface area (Å²) in [5.74, 6) is 0.339. The lowest BCUT2D eigenvalue weighted by Crippen LogP contribution is -2.22. The number of hydrogen-bond acceptors (Lipinski definition) is 6. The maximum Gasteiger partial charge on any atom is 0.138 e. The number of carbonyl (C=O) groups excluding carboxylic acids is 1. The molecule has 3 heterocycles. The molecule has 0 radical (unpaired) electrons. The predicted molar refractivity (Wildman–Crippen MR) is 117 cm³/mol. The van der Waals surface area contributed by atoms with E-state index in [1.807, 2.05) is 6.07 Å². The van der Waals surface area contributed by atoms with Crippen molar-refractivity contribution in [3.05, 3.63) is 39.6 Å². The molecule has 148 valence electrons. The fraction of sp³-hybridized carbons (Fsp3) is 0.455. The van der Waals surface area contributed by atoms with Crippen LogP contribution in [0.15, 0.2) is 24.3 Å². The van der Waals surface area contributed by atoms with Crippen molar-refractivity contribution in [2.45, 2.75) is 45.1 Å². The second kappa shape index (κ2) is 9.27. The van der Waals surface area contributed by atoms with Gasteiger partial charge < -0.3 is 10.1 Å². The molecule has 4 nitrogen and oxygen atoms in total. The minimum Gasteiger partial charge on any atom is -0.385 e. The molecule has 1 aliphatic heterocycles. The van der Waals surface area contributed by atoms with Gasteiger partial charge >= 0.3 is 0 Å². The van der Waals surface area contributed by atoms with Crippen molar-refractivity contribution >= 4 is 38.7 Å². The van der Waals surface area contributed by atoms with E-state index < -0.39 is 0 Å². The molecular weight excluding hydrogens is 388 g/mol. The third-order valence-corrected chi connectivity index (χ3v) is 7.46. The minimum atomic E-state index is 0.339. The number of benzene rings is 1. The summed E-state index contributed by atoms with van der Waals surface area (Å²) in [6.45, 7) is 2.68. The van der Waals surface area contributed by atoms with Crippen molar-refractivity contribution < 1.29 is 9.53 Å². The molecule has 1 aromatic carbocycles. The molecule has 1 N–H and O–H groups in total. The number of thiazole rings is 1. The van der Waals surface area contributed by atoms with Crippen molar-refractivity contribution in [2.24, 2.45) is 0 Å². The topological polar surface area (TPSA) is 51.2 Å². The number of carbonyl (C=O) groups is 1. The van der Waals surface area contributed by atoms with Gasteiger partial charge in [0, 0.05) is 48.4 Å². The molecule has 4 rings (SSSR count). The minimum absolute atomic E-state index is 0.339. The van der Waals surface area contributed by atoms with Gasteiger partial charge in [-0.2, -0.15) is 0 Å². The lowest BCUT2D eigenvalue weighted by atomic mass is 10.00. The first-order valence-electron chi connectivity index (χ1n) is 9.97. The van der Waals surface area contributed by atoms with Crippen LogP contribution < -0.4 is 5.32 Å². The van der Waals surface area contributed by atoms with Gasteiger partial charge in [-0.05, 0) is 43.5 Å². The second-order valence-corrected chi connectivity index (χ2v) is 9.45. The van der Waals surface area contributed by atoms with Gasteiger partial charge in [-0.25, -0.2) is 4.98 Å². The van der Waals surface area contributed by atoms with E-state index in [-0.39, 0.29) is 0 Å². The van der Waals surface area contributed by atoms with E-state index in [1.54, 1.807) is 29.8 Å². The number of rotatable bonds is 9. The highest BCUT2D eigenvalue weighted by molar-refractivity contribution is 7.22. The molecule has 0 spiro atoms. The van der Waals surface area contributed by atoms with Crippen molar-refractivity contribution in [1.29, 1.82) is 0 Å². The first-order valence-corrected chi connectivity index (χ1v) is 11.6. The highest BCUT2D eigenvalue weighted by Gasteiger charge is 2.24. The van der Waals surface area contributed by atoms with Gasteiger partial charge in [0.25, 0.3) is 0 Å². The number of aromatic nitrogens is 1. The molecule has 0 saturated heterocycles. The van der Waals surface area contributed by atoms with Crippen LogP contribution in [0.25, 0.3) is 20.8 Å². The number of Topliss-reactive ketones (excluding diaryl/α,β-unsaturated/α-hetero) is 1. The Morgan fingerprint density at radius 3 is 2.96 bits per heavy atom. The number of ether oxygens (including phenoxy) is 1. The average molecular weight is 415 g/mol. The first kappa shape index (κ1) is 19.7. The summed E-state index contributed by atoms with van der Waals surface area (Å²) in [5.41, 5.74) is 3.70.